The molecular weight excluding hydrogens is 544 g/mol. The van der Waals surface area contributed by atoms with Gasteiger partial charge in [0.2, 0.25) is 0 Å². The Labute approximate surface area is 208 Å². The Balaban J connectivity index is 3.28. The second-order valence-electron chi connectivity index (χ2n) is 7.59. The molecule has 0 heterocycles. The molecule has 0 unspecified atom stereocenters. The van der Waals surface area contributed by atoms with E-state index in [4.69, 9.17) is 9.47 Å². The van der Waals surface area contributed by atoms with E-state index in [9.17, 15) is 19.8 Å². The number of carboxylic acid groups (broad SMARTS) is 2. The summed E-state index contributed by atoms with van der Waals surface area (Å²) in [6, 6.07) is 0. The molecule has 0 aliphatic rings. The zero-order valence-electron chi connectivity index (χ0n) is 19.2. The van der Waals surface area contributed by atoms with Crippen molar-refractivity contribution in [2.45, 2.75) is 78.1 Å². The molecule has 0 radical (unpaired) electrons. The van der Waals surface area contributed by atoms with Gasteiger partial charge in [-0.25, -0.2) is 9.59 Å². The largest absolute Gasteiger partial charge is 0.492 e. The van der Waals surface area contributed by atoms with E-state index < -0.39 is 11.9 Å². The molecule has 0 atom stereocenters. The number of halogens is 2. The first-order chi connectivity index (χ1) is 15.4. The zero-order chi connectivity index (χ0) is 23.9. The van der Waals surface area contributed by atoms with Crippen molar-refractivity contribution in [2.24, 2.45) is 0 Å². The van der Waals surface area contributed by atoms with Gasteiger partial charge in [0.25, 0.3) is 0 Å². The molecule has 1 rings (SSSR count). The molecule has 0 fully saturated rings. The molecule has 8 heteroatoms. The quantitative estimate of drug-likeness (QED) is 0.145. The van der Waals surface area contributed by atoms with Crippen LogP contribution >= 0.6 is 31.9 Å². The fourth-order valence-electron chi connectivity index (χ4n) is 3.70. The Morgan fingerprint density at radius 1 is 0.656 bits per heavy atom. The molecule has 32 heavy (non-hydrogen) atoms. The van der Waals surface area contributed by atoms with E-state index in [2.05, 4.69) is 31.9 Å². The molecule has 0 aromatic heterocycles. The lowest BCUT2D eigenvalue weighted by molar-refractivity contribution is 0.0669. The number of benzene rings is 1. The standard InChI is InChI=1S/C24H36Br2O6/c1-3-17-19(23(27)28)22(32-16-12-8-6-10-14-26)18(4-2)20(24(29)30)21(17)31-15-11-7-5-9-13-25/h3-16H2,1-2H3,(H,27,28)(H,29,30). The second kappa shape index (κ2) is 16.4. The van der Waals surface area contributed by atoms with Crippen molar-refractivity contribution >= 4 is 43.8 Å². The number of alkyl halides is 2. The van der Waals surface area contributed by atoms with Crippen LogP contribution in [0.4, 0.5) is 0 Å². The van der Waals surface area contributed by atoms with E-state index in [1.807, 2.05) is 13.8 Å². The van der Waals surface area contributed by atoms with Gasteiger partial charge in [-0.15, -0.1) is 0 Å². The third kappa shape index (κ3) is 8.58. The maximum atomic E-state index is 12.2. The number of rotatable bonds is 18. The van der Waals surface area contributed by atoms with E-state index in [0.717, 1.165) is 62.0 Å². The molecule has 182 valence electrons. The predicted octanol–water partition coefficient (Wildman–Crippen LogP) is 6.88. The van der Waals surface area contributed by atoms with Crippen molar-refractivity contribution in [1.82, 2.24) is 0 Å². The van der Waals surface area contributed by atoms with E-state index in [-0.39, 0.29) is 22.6 Å². The lowest BCUT2D eigenvalue weighted by atomic mass is 9.92. The van der Waals surface area contributed by atoms with Crippen LogP contribution in [0.5, 0.6) is 11.5 Å². The Morgan fingerprint density at radius 2 is 1.00 bits per heavy atom. The summed E-state index contributed by atoms with van der Waals surface area (Å²) in [6.45, 7) is 4.33. The highest BCUT2D eigenvalue weighted by atomic mass is 79.9. The number of hydrogen-bond acceptors (Lipinski definition) is 4. The summed E-state index contributed by atoms with van der Waals surface area (Å²) < 4.78 is 11.9. The van der Waals surface area contributed by atoms with Crippen molar-refractivity contribution in [2.75, 3.05) is 23.9 Å². The summed E-state index contributed by atoms with van der Waals surface area (Å²) in [5.74, 6) is -1.88. The van der Waals surface area contributed by atoms with Crippen molar-refractivity contribution in [3.8, 4) is 11.5 Å². The predicted molar refractivity (Wildman–Crippen MR) is 135 cm³/mol. The molecule has 0 saturated carbocycles. The Morgan fingerprint density at radius 3 is 1.28 bits per heavy atom. The molecule has 0 amide bonds. The average Bonchev–Trinajstić information content (AvgIpc) is 2.77. The van der Waals surface area contributed by atoms with Crippen LogP contribution in [0.25, 0.3) is 0 Å². The molecule has 0 aliphatic heterocycles. The summed E-state index contributed by atoms with van der Waals surface area (Å²) >= 11 is 6.82. The van der Waals surface area contributed by atoms with Gasteiger partial charge in [0.05, 0.1) is 13.2 Å². The van der Waals surface area contributed by atoms with Gasteiger partial charge < -0.3 is 19.7 Å². The van der Waals surface area contributed by atoms with Gasteiger partial charge in [0.15, 0.2) is 0 Å². The number of ether oxygens (including phenoxy) is 2. The summed E-state index contributed by atoms with van der Waals surface area (Å²) in [4.78, 5) is 24.5. The van der Waals surface area contributed by atoms with Crippen LogP contribution in [0.1, 0.15) is 97.1 Å². The topological polar surface area (TPSA) is 93.1 Å². The molecule has 2 N–H and O–H groups in total. The highest BCUT2D eigenvalue weighted by Gasteiger charge is 2.31. The SMILES string of the molecule is CCc1c(OCCCCCCBr)c(C(=O)O)c(CC)c(OCCCCCCBr)c1C(=O)O. The maximum Gasteiger partial charge on any atom is 0.339 e. The number of carbonyl (C=O) groups is 2. The van der Waals surface area contributed by atoms with Crippen LogP contribution < -0.4 is 9.47 Å². The van der Waals surface area contributed by atoms with Crippen molar-refractivity contribution in [1.29, 1.82) is 0 Å². The zero-order valence-corrected chi connectivity index (χ0v) is 22.4. The van der Waals surface area contributed by atoms with E-state index in [1.165, 1.54) is 0 Å². The summed E-state index contributed by atoms with van der Waals surface area (Å²) in [5, 5.41) is 21.9. The maximum absolute atomic E-state index is 12.2. The minimum Gasteiger partial charge on any atom is -0.492 e. The van der Waals surface area contributed by atoms with Crippen LogP contribution in [-0.2, 0) is 12.8 Å². The molecule has 1 aromatic rings. The van der Waals surface area contributed by atoms with E-state index in [1.54, 1.807) is 0 Å². The van der Waals surface area contributed by atoms with Gasteiger partial charge >= 0.3 is 11.9 Å². The number of aromatic carboxylic acids is 2. The molecule has 0 saturated heterocycles. The minimum atomic E-state index is -1.12. The first-order valence-corrected chi connectivity index (χ1v) is 13.7. The molecule has 1 aromatic carbocycles. The van der Waals surface area contributed by atoms with Gasteiger partial charge in [-0.05, 0) is 38.5 Å². The van der Waals surface area contributed by atoms with Crippen LogP contribution in [0, 0.1) is 0 Å². The van der Waals surface area contributed by atoms with E-state index in [0.29, 0.717) is 37.2 Å². The Bertz CT molecular complexity index is 674. The Kier molecular flexibility index (Phi) is 14.7. The van der Waals surface area contributed by atoms with Crippen molar-refractivity contribution in [3.63, 3.8) is 0 Å². The molecule has 6 nitrogen and oxygen atoms in total. The number of hydrogen-bond donors (Lipinski definition) is 2. The first kappa shape index (κ1) is 28.8. The smallest absolute Gasteiger partial charge is 0.339 e. The fourth-order valence-corrected chi connectivity index (χ4v) is 4.49. The second-order valence-corrected chi connectivity index (χ2v) is 9.17. The van der Waals surface area contributed by atoms with Crippen LogP contribution in [0.2, 0.25) is 0 Å². The van der Waals surface area contributed by atoms with Crippen molar-refractivity contribution in [3.05, 3.63) is 22.3 Å². The van der Waals surface area contributed by atoms with Gasteiger partial charge in [-0.3, -0.25) is 0 Å². The Hall–Kier alpha value is -1.28. The molecule has 0 bridgehead atoms. The van der Waals surface area contributed by atoms with Gasteiger partial charge in [-0.2, -0.15) is 0 Å². The lowest BCUT2D eigenvalue weighted by Crippen LogP contribution is -2.17. The molecular formula is C24H36Br2O6. The molecule has 0 spiro atoms. The highest BCUT2D eigenvalue weighted by Crippen LogP contribution is 2.40. The van der Waals surface area contributed by atoms with Crippen molar-refractivity contribution < 1.29 is 29.3 Å². The summed E-state index contributed by atoms with van der Waals surface area (Å²) in [6.07, 6.45) is 8.46. The normalized spacial score (nSPS) is 10.9. The number of unbranched alkanes of at least 4 members (excludes halogenated alkanes) is 6. The fraction of sp³-hybridized carbons (Fsp3) is 0.667. The van der Waals surface area contributed by atoms with Crippen LogP contribution in [-0.4, -0.2) is 46.0 Å². The third-order valence-corrected chi connectivity index (χ3v) is 6.41. The first-order valence-electron chi connectivity index (χ1n) is 11.5. The number of carboxylic acids is 2. The van der Waals surface area contributed by atoms with Gasteiger partial charge in [0, 0.05) is 21.8 Å². The van der Waals surface area contributed by atoms with E-state index >= 15 is 0 Å². The minimum absolute atomic E-state index is 0.0316. The van der Waals surface area contributed by atoms with Gasteiger partial charge in [0.1, 0.15) is 22.6 Å². The summed E-state index contributed by atoms with van der Waals surface area (Å²) in [5.41, 5.74) is 0.844. The molecule has 0 aliphatic carbocycles. The average molecular weight is 580 g/mol. The lowest BCUT2D eigenvalue weighted by Gasteiger charge is -2.23. The highest BCUT2D eigenvalue weighted by molar-refractivity contribution is 9.09. The third-order valence-electron chi connectivity index (χ3n) is 5.29. The summed E-state index contributed by atoms with van der Waals surface area (Å²) in [7, 11) is 0. The van der Waals surface area contributed by atoms with Gasteiger partial charge in [-0.1, -0.05) is 71.4 Å². The monoisotopic (exact) mass is 578 g/mol. The van der Waals surface area contributed by atoms with Crippen LogP contribution in [0.15, 0.2) is 0 Å². The van der Waals surface area contributed by atoms with Crippen LogP contribution in [0.3, 0.4) is 0 Å².